The molecule has 50 valence electrons. The number of nitrogens with one attached hydrogen (secondary N) is 1. The first-order chi connectivity index (χ1) is 3.43. The zero-order valence-electron chi connectivity index (χ0n) is 4.89. The second-order valence-corrected chi connectivity index (χ2v) is 2.09. The van der Waals surface area contributed by atoms with E-state index in [1.807, 2.05) is 0 Å². The highest BCUT2D eigenvalue weighted by molar-refractivity contribution is 5.85. The zero-order chi connectivity index (χ0) is 5.11. The lowest BCUT2D eigenvalue weighted by Gasteiger charge is -1.98. The number of halogens is 1. The fourth-order valence-electron chi connectivity index (χ4n) is 0.916. The molecule has 2 nitrogen and oxygen atoms in total. The van der Waals surface area contributed by atoms with E-state index < -0.39 is 0 Å². The van der Waals surface area contributed by atoms with Crippen LogP contribution in [0.1, 0.15) is 6.42 Å². The molecule has 0 radical (unpaired) electrons. The molecule has 0 aromatic carbocycles. The Kier molecular flexibility index (Phi) is 4.23. The van der Waals surface area contributed by atoms with Gasteiger partial charge in [0.2, 0.25) is 0 Å². The van der Waals surface area contributed by atoms with E-state index in [0.29, 0.717) is 0 Å². The Balaban J connectivity index is 0.000000490. The Morgan fingerprint density at radius 2 is 2.38 bits per heavy atom. The van der Waals surface area contributed by atoms with Crippen molar-refractivity contribution in [2.24, 2.45) is 11.7 Å². The van der Waals surface area contributed by atoms with E-state index in [1.165, 1.54) is 13.0 Å². The van der Waals surface area contributed by atoms with E-state index in [2.05, 4.69) is 5.32 Å². The van der Waals surface area contributed by atoms with E-state index in [9.17, 15) is 0 Å². The fraction of sp³-hybridized carbons (Fsp3) is 1.00. The molecule has 0 amide bonds. The predicted molar refractivity (Wildman–Crippen MR) is 37.3 cm³/mol. The molecule has 0 aromatic rings. The highest BCUT2D eigenvalue weighted by Gasteiger charge is 2.10. The largest absolute Gasteiger partial charge is 0.330 e. The van der Waals surface area contributed by atoms with Crippen molar-refractivity contribution in [3.63, 3.8) is 0 Å². The van der Waals surface area contributed by atoms with Gasteiger partial charge in [0, 0.05) is 0 Å². The van der Waals surface area contributed by atoms with Gasteiger partial charge in [-0.3, -0.25) is 0 Å². The van der Waals surface area contributed by atoms with Gasteiger partial charge in [-0.15, -0.1) is 12.4 Å². The van der Waals surface area contributed by atoms with Crippen molar-refractivity contribution in [1.82, 2.24) is 5.32 Å². The van der Waals surface area contributed by atoms with Crippen molar-refractivity contribution in [1.29, 1.82) is 0 Å². The molecule has 3 N–H and O–H groups in total. The molecule has 1 unspecified atom stereocenters. The quantitative estimate of drug-likeness (QED) is 0.532. The van der Waals surface area contributed by atoms with Gasteiger partial charge < -0.3 is 11.1 Å². The van der Waals surface area contributed by atoms with E-state index >= 15 is 0 Å². The Hall–Kier alpha value is 0.210. The van der Waals surface area contributed by atoms with Crippen molar-refractivity contribution in [3.05, 3.63) is 0 Å². The Morgan fingerprint density at radius 3 is 2.62 bits per heavy atom. The molecule has 3 heteroatoms. The molecule has 1 heterocycles. The van der Waals surface area contributed by atoms with Crippen molar-refractivity contribution in [3.8, 4) is 0 Å². The van der Waals surface area contributed by atoms with Crippen LogP contribution in [0, 0.1) is 5.92 Å². The van der Waals surface area contributed by atoms with Crippen LogP contribution in [0.3, 0.4) is 0 Å². The summed E-state index contributed by atoms with van der Waals surface area (Å²) in [6, 6.07) is 0. The fourth-order valence-corrected chi connectivity index (χ4v) is 0.916. The average molecular weight is 137 g/mol. The maximum atomic E-state index is 5.39. The van der Waals surface area contributed by atoms with E-state index in [1.54, 1.807) is 0 Å². The SMILES string of the molecule is Cl.NCC1CCNC1. The van der Waals surface area contributed by atoms with Crippen molar-refractivity contribution in [2.75, 3.05) is 19.6 Å². The predicted octanol–water partition coefficient (Wildman–Crippen LogP) is -0.0236. The lowest BCUT2D eigenvalue weighted by atomic mass is 10.1. The number of nitrogens with two attached hydrogens (primary N) is 1. The first kappa shape index (κ1) is 8.21. The van der Waals surface area contributed by atoms with Crippen LogP contribution >= 0.6 is 12.4 Å². The standard InChI is InChI=1S/C5H12N2.ClH/c6-3-5-1-2-7-4-5;/h5,7H,1-4,6H2;1H. The molecule has 0 bridgehead atoms. The normalized spacial score (nSPS) is 27.4. The first-order valence-electron chi connectivity index (χ1n) is 2.84. The second-order valence-electron chi connectivity index (χ2n) is 2.09. The summed E-state index contributed by atoms with van der Waals surface area (Å²) >= 11 is 0. The summed E-state index contributed by atoms with van der Waals surface area (Å²) in [7, 11) is 0. The lowest BCUT2D eigenvalue weighted by molar-refractivity contribution is 0.596. The topological polar surface area (TPSA) is 38.0 Å². The lowest BCUT2D eigenvalue weighted by Crippen LogP contribution is -2.16. The van der Waals surface area contributed by atoms with Crippen LogP contribution in [0.25, 0.3) is 0 Å². The summed E-state index contributed by atoms with van der Waals surface area (Å²) in [4.78, 5) is 0. The van der Waals surface area contributed by atoms with Crippen LogP contribution in [-0.4, -0.2) is 19.6 Å². The number of hydrogen-bond donors (Lipinski definition) is 2. The van der Waals surface area contributed by atoms with Crippen LogP contribution in [0.5, 0.6) is 0 Å². The molecular weight excluding hydrogens is 124 g/mol. The summed E-state index contributed by atoms with van der Waals surface area (Å²) in [5.74, 6) is 0.764. The molecule has 0 aromatic heterocycles. The van der Waals surface area contributed by atoms with Gasteiger partial charge in [0.15, 0.2) is 0 Å². The molecule has 0 aliphatic carbocycles. The average Bonchev–Trinajstić information content (AvgIpc) is 2.14. The van der Waals surface area contributed by atoms with Gasteiger partial charge in [-0.25, -0.2) is 0 Å². The minimum Gasteiger partial charge on any atom is -0.330 e. The zero-order valence-corrected chi connectivity index (χ0v) is 5.71. The van der Waals surface area contributed by atoms with Crippen LogP contribution in [0.4, 0.5) is 0 Å². The van der Waals surface area contributed by atoms with Crippen LogP contribution in [0.2, 0.25) is 0 Å². The smallest absolute Gasteiger partial charge is 0.000798 e. The molecule has 1 rings (SSSR count). The third kappa shape index (κ3) is 1.99. The van der Waals surface area contributed by atoms with Gasteiger partial charge in [0.1, 0.15) is 0 Å². The Morgan fingerprint density at radius 1 is 1.62 bits per heavy atom. The summed E-state index contributed by atoms with van der Waals surface area (Å²) < 4.78 is 0. The van der Waals surface area contributed by atoms with E-state index in [-0.39, 0.29) is 12.4 Å². The number of hydrogen-bond acceptors (Lipinski definition) is 2. The highest BCUT2D eigenvalue weighted by Crippen LogP contribution is 2.02. The molecule has 1 atom stereocenters. The highest BCUT2D eigenvalue weighted by atomic mass is 35.5. The maximum absolute atomic E-state index is 5.39. The van der Waals surface area contributed by atoms with E-state index in [4.69, 9.17) is 5.73 Å². The van der Waals surface area contributed by atoms with Crippen molar-refractivity contribution < 1.29 is 0 Å². The van der Waals surface area contributed by atoms with Crippen LogP contribution in [-0.2, 0) is 0 Å². The van der Waals surface area contributed by atoms with Crippen molar-refractivity contribution >= 4 is 12.4 Å². The summed E-state index contributed by atoms with van der Waals surface area (Å²) in [6.07, 6.45) is 1.27. The molecule has 1 aliphatic rings. The summed E-state index contributed by atoms with van der Waals surface area (Å²) in [5.41, 5.74) is 5.39. The molecule has 1 saturated heterocycles. The van der Waals surface area contributed by atoms with Gasteiger partial charge >= 0.3 is 0 Å². The van der Waals surface area contributed by atoms with Crippen molar-refractivity contribution in [2.45, 2.75) is 6.42 Å². The van der Waals surface area contributed by atoms with Gasteiger partial charge in [-0.1, -0.05) is 0 Å². The third-order valence-corrected chi connectivity index (χ3v) is 1.50. The van der Waals surface area contributed by atoms with E-state index in [0.717, 1.165) is 19.0 Å². The number of rotatable bonds is 1. The molecule has 0 saturated carbocycles. The summed E-state index contributed by atoms with van der Waals surface area (Å²) in [5, 5.41) is 3.24. The minimum absolute atomic E-state index is 0. The molecular formula is C5H13ClN2. The molecule has 1 fully saturated rings. The second kappa shape index (κ2) is 4.13. The summed E-state index contributed by atoms with van der Waals surface area (Å²) in [6.45, 7) is 3.16. The van der Waals surface area contributed by atoms with Gasteiger partial charge in [-0.2, -0.15) is 0 Å². The minimum atomic E-state index is 0. The Labute approximate surface area is 56.2 Å². The molecule has 0 spiro atoms. The van der Waals surface area contributed by atoms with Gasteiger partial charge in [0.05, 0.1) is 0 Å². The molecule has 1 aliphatic heterocycles. The molecule has 8 heavy (non-hydrogen) atoms. The third-order valence-electron chi connectivity index (χ3n) is 1.50. The first-order valence-corrected chi connectivity index (χ1v) is 2.84. The maximum Gasteiger partial charge on any atom is -0.000798 e. The monoisotopic (exact) mass is 136 g/mol. The van der Waals surface area contributed by atoms with Gasteiger partial charge in [0.25, 0.3) is 0 Å². The van der Waals surface area contributed by atoms with Gasteiger partial charge in [-0.05, 0) is 32.0 Å². The van der Waals surface area contributed by atoms with Crippen LogP contribution in [0.15, 0.2) is 0 Å². The Bertz CT molecular complexity index is 52.4. The van der Waals surface area contributed by atoms with Crippen LogP contribution < -0.4 is 11.1 Å².